The van der Waals surface area contributed by atoms with Gasteiger partial charge in [0.25, 0.3) is 0 Å². The Labute approximate surface area is 110 Å². The number of hydrogen-bond donors (Lipinski definition) is 2. The van der Waals surface area contributed by atoms with E-state index in [1.54, 1.807) is 0 Å². The molecule has 0 amide bonds. The zero-order valence-electron chi connectivity index (χ0n) is 11.2. The molecule has 0 unspecified atom stereocenters. The van der Waals surface area contributed by atoms with Gasteiger partial charge < -0.3 is 14.7 Å². The molecule has 1 aromatic heterocycles. The normalized spacial score (nSPS) is 22.7. The van der Waals surface area contributed by atoms with E-state index in [0.717, 1.165) is 18.0 Å². The molecule has 2 heterocycles. The van der Waals surface area contributed by atoms with Gasteiger partial charge in [-0.25, -0.2) is 9.59 Å². The molecule has 1 aromatic rings. The molecule has 0 bridgehead atoms. The zero-order valence-corrected chi connectivity index (χ0v) is 11.2. The quantitative estimate of drug-likeness (QED) is 0.737. The number of carbonyl (C=O) groups is 2. The van der Waals surface area contributed by atoms with Crippen molar-refractivity contribution in [1.29, 1.82) is 0 Å². The highest BCUT2D eigenvalue weighted by molar-refractivity contribution is 6.27. The molecule has 1 aliphatic heterocycles. The van der Waals surface area contributed by atoms with E-state index in [-0.39, 0.29) is 0 Å². The maximum atomic E-state index is 9.10. The first-order valence-electron chi connectivity index (χ1n) is 5.92. The fourth-order valence-corrected chi connectivity index (χ4v) is 2.16. The first-order valence-corrected chi connectivity index (χ1v) is 5.92. The fourth-order valence-electron chi connectivity index (χ4n) is 2.16. The van der Waals surface area contributed by atoms with Crippen LogP contribution in [0.2, 0.25) is 0 Å². The molecular formula is C12H18N2O5. The topological polar surface area (TPSA) is 104 Å². The van der Waals surface area contributed by atoms with Crippen LogP contribution in [0.4, 0.5) is 0 Å². The second-order valence-electron chi connectivity index (χ2n) is 4.67. The van der Waals surface area contributed by atoms with Crippen molar-refractivity contribution in [2.75, 3.05) is 13.6 Å². The van der Waals surface area contributed by atoms with Gasteiger partial charge in [0.05, 0.1) is 11.7 Å². The van der Waals surface area contributed by atoms with Gasteiger partial charge in [-0.15, -0.1) is 0 Å². The van der Waals surface area contributed by atoms with Gasteiger partial charge in [-0.1, -0.05) is 12.1 Å². The Kier molecular flexibility index (Phi) is 5.05. The monoisotopic (exact) mass is 270 g/mol. The number of nitrogens with zero attached hydrogens (tertiary/aromatic N) is 2. The molecule has 1 aliphatic rings. The lowest BCUT2D eigenvalue weighted by molar-refractivity contribution is -0.159. The van der Waals surface area contributed by atoms with E-state index in [1.165, 1.54) is 6.42 Å². The number of likely N-dealkylation sites (tertiary alicyclic amines) is 1. The van der Waals surface area contributed by atoms with Gasteiger partial charge in [-0.3, -0.25) is 4.90 Å². The van der Waals surface area contributed by atoms with E-state index in [9.17, 15) is 0 Å². The molecule has 0 spiro atoms. The number of aromatic nitrogens is 1. The van der Waals surface area contributed by atoms with Crippen LogP contribution in [0.5, 0.6) is 0 Å². The summed E-state index contributed by atoms with van der Waals surface area (Å²) < 4.78 is 5.30. The molecule has 19 heavy (non-hydrogen) atoms. The Hall–Kier alpha value is -1.89. The van der Waals surface area contributed by atoms with Gasteiger partial charge in [0, 0.05) is 6.07 Å². The first-order chi connectivity index (χ1) is 8.82. The summed E-state index contributed by atoms with van der Waals surface area (Å²) in [5.41, 5.74) is 0.975. The van der Waals surface area contributed by atoms with Crippen molar-refractivity contribution in [1.82, 2.24) is 10.1 Å². The largest absolute Gasteiger partial charge is 0.473 e. The molecule has 2 rings (SSSR count). The highest BCUT2D eigenvalue weighted by Crippen LogP contribution is 2.35. The maximum Gasteiger partial charge on any atom is 0.414 e. The summed E-state index contributed by atoms with van der Waals surface area (Å²) in [5.74, 6) is -1.95. The van der Waals surface area contributed by atoms with Crippen molar-refractivity contribution in [2.45, 2.75) is 26.3 Å². The third-order valence-electron chi connectivity index (χ3n) is 3.07. The summed E-state index contributed by atoms with van der Waals surface area (Å²) in [6.45, 7) is 5.39. The lowest BCUT2D eigenvalue weighted by Gasteiger charge is -2.19. The highest BCUT2D eigenvalue weighted by atomic mass is 16.5. The van der Waals surface area contributed by atoms with Crippen molar-refractivity contribution in [3.63, 3.8) is 0 Å². The smallest absolute Gasteiger partial charge is 0.414 e. The zero-order chi connectivity index (χ0) is 14.6. The number of hydrogen-bond acceptors (Lipinski definition) is 5. The molecule has 0 radical (unpaired) electrons. The summed E-state index contributed by atoms with van der Waals surface area (Å²) in [5, 5.41) is 18.7. The van der Waals surface area contributed by atoms with E-state index >= 15 is 0 Å². The summed E-state index contributed by atoms with van der Waals surface area (Å²) in [7, 11) is 2.14. The van der Waals surface area contributed by atoms with Crippen LogP contribution in [-0.4, -0.2) is 45.8 Å². The average molecular weight is 270 g/mol. The van der Waals surface area contributed by atoms with Crippen LogP contribution in [-0.2, 0) is 9.59 Å². The van der Waals surface area contributed by atoms with Crippen molar-refractivity contribution in [3.8, 4) is 0 Å². The molecular weight excluding hydrogens is 252 g/mol. The highest BCUT2D eigenvalue weighted by Gasteiger charge is 2.32. The van der Waals surface area contributed by atoms with Gasteiger partial charge in [0.15, 0.2) is 5.76 Å². The molecule has 7 nitrogen and oxygen atoms in total. The number of carboxylic acid groups (broad SMARTS) is 2. The van der Waals surface area contributed by atoms with Gasteiger partial charge in [-0.2, -0.15) is 0 Å². The SMILES string of the molecule is Cc1cc([C@@H]2[C@@H](C)CCN2C)on1.O=C(O)C(=O)O. The lowest BCUT2D eigenvalue weighted by Crippen LogP contribution is -2.19. The second-order valence-corrected chi connectivity index (χ2v) is 4.67. The minimum absolute atomic E-state index is 0.432. The van der Waals surface area contributed by atoms with Crippen LogP contribution in [0.1, 0.15) is 30.8 Å². The van der Waals surface area contributed by atoms with Crippen LogP contribution in [0.3, 0.4) is 0 Å². The van der Waals surface area contributed by atoms with Gasteiger partial charge in [0.2, 0.25) is 0 Å². The standard InChI is InChI=1S/C10H16N2O.C2H2O4/c1-7-4-5-12(3)10(7)9-6-8(2)11-13-9;3-1(4)2(5)6/h6-7,10H,4-5H2,1-3H3;(H,3,4)(H,5,6)/t7-,10-;/m0./s1. The Morgan fingerprint density at radius 3 is 2.32 bits per heavy atom. The van der Waals surface area contributed by atoms with E-state index in [2.05, 4.69) is 24.0 Å². The minimum atomic E-state index is -1.82. The van der Waals surface area contributed by atoms with E-state index < -0.39 is 11.9 Å². The molecule has 2 N–H and O–H groups in total. The van der Waals surface area contributed by atoms with E-state index in [1.807, 2.05) is 13.0 Å². The number of aliphatic carboxylic acids is 2. The van der Waals surface area contributed by atoms with Crippen LogP contribution in [0.15, 0.2) is 10.6 Å². The third kappa shape index (κ3) is 4.06. The number of aryl methyl sites for hydroxylation is 1. The molecule has 106 valence electrons. The Morgan fingerprint density at radius 1 is 1.42 bits per heavy atom. The molecule has 1 fully saturated rings. The molecule has 0 aliphatic carbocycles. The maximum absolute atomic E-state index is 9.10. The average Bonchev–Trinajstić information content (AvgIpc) is 2.86. The van der Waals surface area contributed by atoms with Crippen molar-refractivity contribution in [3.05, 3.63) is 17.5 Å². The molecule has 0 saturated carbocycles. The third-order valence-corrected chi connectivity index (χ3v) is 3.07. The summed E-state index contributed by atoms with van der Waals surface area (Å²) in [4.78, 5) is 20.5. The second kappa shape index (κ2) is 6.33. The number of rotatable bonds is 1. The fraction of sp³-hybridized carbons (Fsp3) is 0.583. The van der Waals surface area contributed by atoms with Crippen LogP contribution in [0, 0.1) is 12.8 Å². The lowest BCUT2D eigenvalue weighted by atomic mass is 10.0. The Bertz CT molecular complexity index is 435. The van der Waals surface area contributed by atoms with Crippen LogP contribution < -0.4 is 0 Å². The van der Waals surface area contributed by atoms with E-state index in [0.29, 0.717) is 12.0 Å². The predicted octanol–water partition coefficient (Wildman–Crippen LogP) is 1.15. The van der Waals surface area contributed by atoms with Crippen LogP contribution >= 0.6 is 0 Å². The Balaban J connectivity index is 0.000000258. The summed E-state index contributed by atoms with van der Waals surface area (Å²) >= 11 is 0. The summed E-state index contributed by atoms with van der Waals surface area (Å²) in [6, 6.07) is 2.48. The molecule has 1 saturated heterocycles. The number of carboxylic acids is 2. The summed E-state index contributed by atoms with van der Waals surface area (Å²) in [6.07, 6.45) is 1.25. The molecule has 0 aromatic carbocycles. The van der Waals surface area contributed by atoms with Crippen molar-refractivity contribution in [2.24, 2.45) is 5.92 Å². The first kappa shape index (κ1) is 15.2. The van der Waals surface area contributed by atoms with E-state index in [4.69, 9.17) is 24.3 Å². The predicted molar refractivity (Wildman–Crippen MR) is 65.7 cm³/mol. The van der Waals surface area contributed by atoms with Crippen LogP contribution in [0.25, 0.3) is 0 Å². The van der Waals surface area contributed by atoms with Gasteiger partial charge in [-0.05, 0) is 32.9 Å². The minimum Gasteiger partial charge on any atom is -0.473 e. The van der Waals surface area contributed by atoms with Gasteiger partial charge in [0.1, 0.15) is 0 Å². The molecule has 7 heteroatoms. The van der Waals surface area contributed by atoms with Gasteiger partial charge >= 0.3 is 11.9 Å². The van der Waals surface area contributed by atoms with Crippen molar-refractivity contribution >= 4 is 11.9 Å². The Morgan fingerprint density at radius 2 is 2.00 bits per heavy atom. The molecule has 2 atom stereocenters. The van der Waals surface area contributed by atoms with Crippen molar-refractivity contribution < 1.29 is 24.3 Å².